The third-order valence-corrected chi connectivity index (χ3v) is 5.43. The Hall–Kier alpha value is -1.15. The lowest BCUT2D eigenvalue weighted by Crippen LogP contribution is -2.50. The summed E-state index contributed by atoms with van der Waals surface area (Å²) < 4.78 is 26.8. The molecule has 1 amide bonds. The largest absolute Gasteiger partial charge is 0.350 e. The van der Waals surface area contributed by atoms with Crippen molar-refractivity contribution in [3.63, 3.8) is 0 Å². The highest BCUT2D eigenvalue weighted by atomic mass is 35.5. The first-order chi connectivity index (χ1) is 10.3. The lowest BCUT2D eigenvalue weighted by molar-refractivity contribution is -0.123. The number of sulfonamides is 1. The first-order valence-corrected chi connectivity index (χ1v) is 8.98. The van der Waals surface area contributed by atoms with Gasteiger partial charge in [0.15, 0.2) is 0 Å². The average molecular weight is 346 g/mol. The zero-order valence-corrected chi connectivity index (χ0v) is 13.8. The Balaban J connectivity index is 1.98. The summed E-state index contributed by atoms with van der Waals surface area (Å²) in [6.07, 6.45) is 2.10. The SMILES string of the molecule is CC(NS(=O)(=O)c1ccc(Cl)cc1)C(=O)NC(CN)C1CC1. The molecule has 0 saturated heterocycles. The summed E-state index contributed by atoms with van der Waals surface area (Å²) in [5.41, 5.74) is 5.63. The van der Waals surface area contributed by atoms with Crippen LogP contribution < -0.4 is 15.8 Å². The number of amides is 1. The lowest BCUT2D eigenvalue weighted by Gasteiger charge is -2.20. The number of rotatable bonds is 7. The van der Waals surface area contributed by atoms with Crippen LogP contribution in [-0.2, 0) is 14.8 Å². The molecule has 22 heavy (non-hydrogen) atoms. The molecule has 0 radical (unpaired) electrons. The van der Waals surface area contributed by atoms with Gasteiger partial charge in [-0.1, -0.05) is 11.6 Å². The number of benzene rings is 1. The van der Waals surface area contributed by atoms with Gasteiger partial charge in [-0.05, 0) is 49.9 Å². The standard InChI is InChI=1S/C14H20ClN3O3S/c1-9(14(19)17-13(8-16)10-2-3-10)18-22(20,21)12-6-4-11(15)5-7-12/h4-7,9-10,13,18H,2-3,8,16H2,1H3,(H,17,19). The second-order valence-corrected chi connectivity index (χ2v) is 7.64. The van der Waals surface area contributed by atoms with Crippen LogP contribution in [0.5, 0.6) is 0 Å². The van der Waals surface area contributed by atoms with Crippen molar-refractivity contribution >= 4 is 27.5 Å². The summed E-state index contributed by atoms with van der Waals surface area (Å²) >= 11 is 5.74. The van der Waals surface area contributed by atoms with Gasteiger partial charge >= 0.3 is 0 Å². The highest BCUT2D eigenvalue weighted by molar-refractivity contribution is 7.89. The highest BCUT2D eigenvalue weighted by Gasteiger charge is 2.32. The third-order valence-electron chi connectivity index (χ3n) is 3.62. The molecule has 1 aliphatic rings. The van der Waals surface area contributed by atoms with Crippen molar-refractivity contribution in [2.75, 3.05) is 6.54 Å². The highest BCUT2D eigenvalue weighted by Crippen LogP contribution is 2.32. The number of nitrogens with two attached hydrogens (primary N) is 1. The van der Waals surface area contributed by atoms with E-state index in [1.807, 2.05) is 0 Å². The molecule has 8 heteroatoms. The summed E-state index contributed by atoms with van der Waals surface area (Å²) in [4.78, 5) is 12.2. The Morgan fingerprint density at radius 1 is 1.36 bits per heavy atom. The van der Waals surface area contributed by atoms with Gasteiger partial charge in [0, 0.05) is 17.6 Å². The molecule has 2 unspecified atom stereocenters. The predicted molar refractivity (Wildman–Crippen MR) is 84.9 cm³/mol. The van der Waals surface area contributed by atoms with Gasteiger partial charge in [0.2, 0.25) is 15.9 Å². The summed E-state index contributed by atoms with van der Waals surface area (Å²) in [6, 6.07) is 4.78. The van der Waals surface area contributed by atoms with Gasteiger partial charge in [-0.2, -0.15) is 4.72 Å². The number of hydrogen-bond donors (Lipinski definition) is 3. The van der Waals surface area contributed by atoms with E-state index < -0.39 is 16.1 Å². The van der Waals surface area contributed by atoms with Crippen LogP contribution in [0.25, 0.3) is 0 Å². The molecule has 1 aromatic rings. The number of nitrogens with one attached hydrogen (secondary N) is 2. The zero-order valence-electron chi connectivity index (χ0n) is 12.3. The average Bonchev–Trinajstić information content (AvgIpc) is 3.29. The molecule has 0 aliphatic heterocycles. The van der Waals surface area contributed by atoms with E-state index >= 15 is 0 Å². The van der Waals surface area contributed by atoms with Crippen LogP contribution in [0, 0.1) is 5.92 Å². The number of hydrogen-bond acceptors (Lipinski definition) is 4. The molecule has 0 aromatic heterocycles. The van der Waals surface area contributed by atoms with Crippen LogP contribution >= 0.6 is 11.6 Å². The molecule has 1 aliphatic carbocycles. The maximum absolute atomic E-state index is 12.2. The van der Waals surface area contributed by atoms with Gasteiger partial charge in [0.25, 0.3) is 0 Å². The summed E-state index contributed by atoms with van der Waals surface area (Å²) in [7, 11) is -3.77. The maximum atomic E-state index is 12.2. The topological polar surface area (TPSA) is 101 Å². The molecule has 2 rings (SSSR count). The first kappa shape index (κ1) is 17.2. The second kappa shape index (κ2) is 6.95. The fraction of sp³-hybridized carbons (Fsp3) is 0.500. The molecule has 1 fully saturated rings. The Morgan fingerprint density at radius 3 is 2.45 bits per heavy atom. The fourth-order valence-corrected chi connectivity index (χ4v) is 3.47. The van der Waals surface area contributed by atoms with Gasteiger partial charge in [-0.15, -0.1) is 0 Å². The number of carbonyl (C=O) groups excluding carboxylic acids is 1. The molecular formula is C14H20ClN3O3S. The van der Waals surface area contributed by atoms with E-state index in [1.54, 1.807) is 0 Å². The molecule has 2 atom stereocenters. The van der Waals surface area contributed by atoms with Crippen LogP contribution in [0.1, 0.15) is 19.8 Å². The summed E-state index contributed by atoms with van der Waals surface area (Å²) in [5.74, 6) is 0.0360. The molecular weight excluding hydrogens is 326 g/mol. The quantitative estimate of drug-likeness (QED) is 0.682. The van der Waals surface area contributed by atoms with Crippen molar-refractivity contribution < 1.29 is 13.2 Å². The molecule has 4 N–H and O–H groups in total. The van der Waals surface area contributed by atoms with Crippen molar-refractivity contribution in [2.24, 2.45) is 11.7 Å². The minimum atomic E-state index is -3.77. The van der Waals surface area contributed by atoms with E-state index in [-0.39, 0.29) is 16.8 Å². The van der Waals surface area contributed by atoms with Crippen LogP contribution in [0.2, 0.25) is 5.02 Å². The Bertz CT molecular complexity index is 629. The monoisotopic (exact) mass is 345 g/mol. The van der Waals surface area contributed by atoms with Gasteiger partial charge in [-0.3, -0.25) is 4.79 Å². The predicted octanol–water partition coefficient (Wildman–Crippen LogP) is 0.860. The second-order valence-electron chi connectivity index (χ2n) is 5.49. The van der Waals surface area contributed by atoms with Crippen molar-refractivity contribution in [1.29, 1.82) is 0 Å². The molecule has 1 saturated carbocycles. The van der Waals surface area contributed by atoms with Crippen LogP contribution in [0.3, 0.4) is 0 Å². The molecule has 0 heterocycles. The lowest BCUT2D eigenvalue weighted by atomic mass is 10.2. The molecule has 6 nitrogen and oxygen atoms in total. The third kappa shape index (κ3) is 4.42. The van der Waals surface area contributed by atoms with E-state index in [0.29, 0.717) is 17.5 Å². The van der Waals surface area contributed by atoms with Crippen LogP contribution in [0.4, 0.5) is 0 Å². The number of carbonyl (C=O) groups is 1. The van der Waals surface area contributed by atoms with Crippen molar-refractivity contribution in [3.8, 4) is 0 Å². The molecule has 0 bridgehead atoms. The normalized spacial score (nSPS) is 17.8. The minimum absolute atomic E-state index is 0.0640. The van der Waals surface area contributed by atoms with E-state index in [4.69, 9.17) is 17.3 Å². The Morgan fingerprint density at radius 2 is 1.95 bits per heavy atom. The van der Waals surface area contributed by atoms with E-state index in [0.717, 1.165) is 12.8 Å². The zero-order chi connectivity index (χ0) is 16.3. The Kier molecular flexibility index (Phi) is 5.44. The van der Waals surface area contributed by atoms with Crippen molar-refractivity contribution in [1.82, 2.24) is 10.0 Å². The van der Waals surface area contributed by atoms with Crippen LogP contribution in [0.15, 0.2) is 29.2 Å². The summed E-state index contributed by atoms with van der Waals surface area (Å²) in [5, 5.41) is 3.24. The van der Waals surface area contributed by atoms with Gasteiger partial charge in [0.05, 0.1) is 10.9 Å². The van der Waals surface area contributed by atoms with Crippen molar-refractivity contribution in [2.45, 2.75) is 36.7 Å². The Labute approximate surface area is 135 Å². The molecule has 122 valence electrons. The molecule has 1 aromatic carbocycles. The van der Waals surface area contributed by atoms with Gasteiger partial charge in [-0.25, -0.2) is 8.42 Å². The maximum Gasteiger partial charge on any atom is 0.241 e. The number of halogens is 1. The van der Waals surface area contributed by atoms with Crippen molar-refractivity contribution in [3.05, 3.63) is 29.3 Å². The fourth-order valence-electron chi connectivity index (χ4n) is 2.14. The minimum Gasteiger partial charge on any atom is -0.350 e. The van der Waals surface area contributed by atoms with E-state index in [1.165, 1.54) is 31.2 Å². The first-order valence-electron chi connectivity index (χ1n) is 7.12. The van der Waals surface area contributed by atoms with Crippen LogP contribution in [-0.4, -0.2) is 33.0 Å². The van der Waals surface area contributed by atoms with E-state index in [9.17, 15) is 13.2 Å². The molecule has 0 spiro atoms. The van der Waals surface area contributed by atoms with E-state index in [2.05, 4.69) is 10.0 Å². The summed E-state index contributed by atoms with van der Waals surface area (Å²) in [6.45, 7) is 1.86. The van der Waals surface area contributed by atoms with Gasteiger partial charge in [0.1, 0.15) is 0 Å². The van der Waals surface area contributed by atoms with Gasteiger partial charge < -0.3 is 11.1 Å². The smallest absolute Gasteiger partial charge is 0.241 e.